The average molecular weight is 265 g/mol. The van der Waals surface area contributed by atoms with Gasteiger partial charge in [0.1, 0.15) is 5.82 Å². The summed E-state index contributed by atoms with van der Waals surface area (Å²) < 4.78 is 13.7. The molecule has 1 aromatic rings. The van der Waals surface area contributed by atoms with Gasteiger partial charge < -0.3 is 10.4 Å². The van der Waals surface area contributed by atoms with Crippen LogP contribution < -0.4 is 5.32 Å². The Morgan fingerprint density at radius 1 is 1.42 bits per heavy atom. The number of nitrogens with one attached hydrogen (secondary N) is 1. The molecule has 1 aromatic carbocycles. The van der Waals surface area contributed by atoms with E-state index < -0.39 is 17.7 Å². The Balaban J connectivity index is 2.04. The molecular weight excluding hydrogens is 249 g/mol. The van der Waals surface area contributed by atoms with E-state index >= 15 is 0 Å². The zero-order valence-corrected chi connectivity index (χ0v) is 10.7. The number of hydrogen-bond donors (Lipinski definition) is 2. The van der Waals surface area contributed by atoms with E-state index in [4.69, 9.17) is 5.11 Å². The van der Waals surface area contributed by atoms with Gasteiger partial charge in [-0.05, 0) is 36.5 Å². The van der Waals surface area contributed by atoms with Crippen molar-refractivity contribution in [2.75, 3.05) is 6.54 Å². The molecule has 0 aromatic heterocycles. The van der Waals surface area contributed by atoms with Gasteiger partial charge in [0.25, 0.3) is 5.91 Å². The van der Waals surface area contributed by atoms with E-state index in [1.807, 2.05) is 0 Å². The maximum Gasteiger partial charge on any atom is 0.335 e. The van der Waals surface area contributed by atoms with E-state index in [1.54, 1.807) is 0 Å². The minimum absolute atomic E-state index is 0.118. The van der Waals surface area contributed by atoms with Crippen molar-refractivity contribution < 1.29 is 19.1 Å². The highest BCUT2D eigenvalue weighted by molar-refractivity contribution is 5.96. The van der Waals surface area contributed by atoms with Gasteiger partial charge in [0.2, 0.25) is 0 Å². The van der Waals surface area contributed by atoms with Crippen LogP contribution in [0.3, 0.4) is 0 Å². The smallest absolute Gasteiger partial charge is 0.335 e. The quantitative estimate of drug-likeness (QED) is 0.878. The maximum atomic E-state index is 13.7. The van der Waals surface area contributed by atoms with E-state index in [2.05, 4.69) is 12.2 Å². The molecule has 1 saturated carbocycles. The number of aromatic carboxylic acids is 1. The summed E-state index contributed by atoms with van der Waals surface area (Å²) in [6, 6.07) is 3.30. The van der Waals surface area contributed by atoms with Crippen LogP contribution in [0.5, 0.6) is 0 Å². The molecule has 2 N–H and O–H groups in total. The van der Waals surface area contributed by atoms with Crippen LogP contribution in [0.2, 0.25) is 0 Å². The van der Waals surface area contributed by atoms with Crippen molar-refractivity contribution in [2.45, 2.75) is 26.2 Å². The molecular formula is C14H16FNO3. The Labute approximate surface area is 110 Å². The first-order valence-corrected chi connectivity index (χ1v) is 6.22. The van der Waals surface area contributed by atoms with Crippen LogP contribution in [0.4, 0.5) is 4.39 Å². The first kappa shape index (κ1) is 13.5. The molecule has 0 aliphatic heterocycles. The highest BCUT2D eigenvalue weighted by atomic mass is 19.1. The molecule has 1 fully saturated rings. The standard InChI is InChI=1S/C14H16FNO3/c1-14(5-2-6-14)8-16-12(17)10-4-3-9(13(18)19)7-11(10)15/h3-4,7H,2,5-6,8H2,1H3,(H,16,17)(H,18,19). The molecule has 19 heavy (non-hydrogen) atoms. The molecule has 0 heterocycles. The van der Waals surface area contributed by atoms with Gasteiger partial charge in [-0.2, -0.15) is 0 Å². The molecule has 1 aliphatic rings. The number of carboxylic acid groups (broad SMARTS) is 1. The van der Waals surface area contributed by atoms with Crippen LogP contribution in [0.15, 0.2) is 18.2 Å². The lowest BCUT2D eigenvalue weighted by molar-refractivity contribution is 0.0695. The second kappa shape index (κ2) is 4.99. The molecule has 0 saturated heterocycles. The Bertz CT molecular complexity index is 523. The number of benzene rings is 1. The molecule has 2 rings (SSSR count). The number of halogens is 1. The highest BCUT2D eigenvalue weighted by Gasteiger charge is 2.32. The number of rotatable bonds is 4. The lowest BCUT2D eigenvalue weighted by atomic mass is 9.70. The largest absolute Gasteiger partial charge is 0.478 e. The highest BCUT2D eigenvalue weighted by Crippen LogP contribution is 2.39. The van der Waals surface area contributed by atoms with Crippen molar-refractivity contribution in [1.82, 2.24) is 5.32 Å². The van der Waals surface area contributed by atoms with Crippen molar-refractivity contribution in [2.24, 2.45) is 5.41 Å². The topological polar surface area (TPSA) is 66.4 Å². The number of carboxylic acids is 1. The molecule has 1 amide bonds. The number of carbonyl (C=O) groups excluding carboxylic acids is 1. The lowest BCUT2D eigenvalue weighted by Crippen LogP contribution is -2.40. The molecule has 1 aliphatic carbocycles. The van der Waals surface area contributed by atoms with Crippen molar-refractivity contribution >= 4 is 11.9 Å². The molecule has 0 atom stereocenters. The Morgan fingerprint density at radius 3 is 2.58 bits per heavy atom. The fraction of sp³-hybridized carbons (Fsp3) is 0.429. The van der Waals surface area contributed by atoms with Crippen LogP contribution in [0.25, 0.3) is 0 Å². The second-order valence-corrected chi connectivity index (χ2v) is 5.35. The summed E-state index contributed by atoms with van der Waals surface area (Å²) >= 11 is 0. The Morgan fingerprint density at radius 2 is 2.11 bits per heavy atom. The first-order valence-electron chi connectivity index (χ1n) is 6.22. The van der Waals surface area contributed by atoms with Gasteiger partial charge in [-0.25, -0.2) is 9.18 Å². The van der Waals surface area contributed by atoms with Gasteiger partial charge in [-0.15, -0.1) is 0 Å². The summed E-state index contributed by atoms with van der Waals surface area (Å²) in [6.45, 7) is 2.60. The first-order chi connectivity index (χ1) is 8.91. The molecule has 0 radical (unpaired) electrons. The zero-order chi connectivity index (χ0) is 14.0. The van der Waals surface area contributed by atoms with Crippen LogP contribution in [-0.4, -0.2) is 23.5 Å². The van der Waals surface area contributed by atoms with E-state index in [1.165, 1.54) is 12.1 Å². The van der Waals surface area contributed by atoms with Crippen molar-refractivity contribution in [3.05, 3.63) is 35.1 Å². The molecule has 0 spiro atoms. The van der Waals surface area contributed by atoms with Crippen LogP contribution in [0.1, 0.15) is 46.9 Å². The van der Waals surface area contributed by atoms with Gasteiger partial charge in [0.15, 0.2) is 0 Å². The third-order valence-electron chi connectivity index (χ3n) is 3.70. The number of carbonyl (C=O) groups is 2. The Hall–Kier alpha value is -1.91. The average Bonchev–Trinajstić information content (AvgIpc) is 2.33. The lowest BCUT2D eigenvalue weighted by Gasteiger charge is -2.38. The Kier molecular flexibility index (Phi) is 3.55. The van der Waals surface area contributed by atoms with Gasteiger partial charge in [-0.3, -0.25) is 4.79 Å². The fourth-order valence-electron chi connectivity index (χ4n) is 2.18. The van der Waals surface area contributed by atoms with Crippen molar-refractivity contribution in [3.63, 3.8) is 0 Å². The summed E-state index contributed by atoms with van der Waals surface area (Å²) in [6.07, 6.45) is 3.29. The van der Waals surface area contributed by atoms with Gasteiger partial charge in [0.05, 0.1) is 11.1 Å². The SMILES string of the molecule is CC1(CNC(=O)c2ccc(C(=O)O)cc2F)CCC1. The van der Waals surface area contributed by atoms with Crippen LogP contribution in [0, 0.1) is 11.2 Å². The molecule has 102 valence electrons. The van der Waals surface area contributed by atoms with E-state index in [-0.39, 0.29) is 16.5 Å². The zero-order valence-electron chi connectivity index (χ0n) is 10.7. The second-order valence-electron chi connectivity index (χ2n) is 5.35. The minimum atomic E-state index is -1.21. The van der Waals surface area contributed by atoms with E-state index in [0.29, 0.717) is 6.54 Å². The monoisotopic (exact) mass is 265 g/mol. The molecule has 0 unspecified atom stereocenters. The van der Waals surface area contributed by atoms with Gasteiger partial charge >= 0.3 is 5.97 Å². The van der Waals surface area contributed by atoms with E-state index in [9.17, 15) is 14.0 Å². The van der Waals surface area contributed by atoms with Crippen LogP contribution >= 0.6 is 0 Å². The molecule has 5 heteroatoms. The summed E-state index contributed by atoms with van der Waals surface area (Å²) in [7, 11) is 0. The predicted octanol–water partition coefficient (Wildman–Crippen LogP) is 2.44. The summed E-state index contributed by atoms with van der Waals surface area (Å²) in [5.74, 6) is -2.52. The third-order valence-corrected chi connectivity index (χ3v) is 3.70. The van der Waals surface area contributed by atoms with Crippen LogP contribution in [-0.2, 0) is 0 Å². The van der Waals surface area contributed by atoms with Gasteiger partial charge in [-0.1, -0.05) is 13.3 Å². The predicted molar refractivity (Wildman–Crippen MR) is 67.7 cm³/mol. The van der Waals surface area contributed by atoms with Gasteiger partial charge in [0, 0.05) is 6.54 Å². The summed E-state index contributed by atoms with van der Waals surface area (Å²) in [5, 5.41) is 11.4. The van der Waals surface area contributed by atoms with E-state index in [0.717, 1.165) is 25.3 Å². The third kappa shape index (κ3) is 2.92. The summed E-state index contributed by atoms with van der Waals surface area (Å²) in [4.78, 5) is 22.5. The number of hydrogen-bond acceptors (Lipinski definition) is 2. The summed E-state index contributed by atoms with van der Waals surface area (Å²) in [5.41, 5.74) is -0.166. The molecule has 0 bridgehead atoms. The normalized spacial score (nSPS) is 16.5. The number of amides is 1. The maximum absolute atomic E-state index is 13.7. The minimum Gasteiger partial charge on any atom is -0.478 e. The fourth-order valence-corrected chi connectivity index (χ4v) is 2.18. The van der Waals surface area contributed by atoms with Crippen molar-refractivity contribution in [3.8, 4) is 0 Å². The van der Waals surface area contributed by atoms with Crippen molar-refractivity contribution in [1.29, 1.82) is 0 Å². The molecule has 4 nitrogen and oxygen atoms in total.